The quantitative estimate of drug-likeness (QED) is 0.436. The van der Waals surface area contributed by atoms with Crippen LogP contribution in [0.1, 0.15) is 26.2 Å². The zero-order valence-corrected chi connectivity index (χ0v) is 9.34. The Kier molecular flexibility index (Phi) is 5.23. The van der Waals surface area contributed by atoms with Gasteiger partial charge in [-0.25, -0.2) is 0 Å². The van der Waals surface area contributed by atoms with Gasteiger partial charge in [0.25, 0.3) is 0 Å². The maximum Gasteiger partial charge on any atom is 0.126 e. The number of thiol groups is 1. The van der Waals surface area contributed by atoms with E-state index in [0.717, 1.165) is 17.1 Å². The molecule has 0 saturated carbocycles. The predicted octanol–water partition coefficient (Wildman–Crippen LogP) is 4.06. The Morgan fingerprint density at radius 3 is 2.64 bits per heavy atom. The number of hydrogen-bond acceptors (Lipinski definition) is 2. The zero-order chi connectivity index (χ0) is 10.2. The van der Waals surface area contributed by atoms with Crippen molar-refractivity contribution in [1.82, 2.24) is 0 Å². The van der Waals surface area contributed by atoms with Gasteiger partial charge in [-0.05, 0) is 43.2 Å². The van der Waals surface area contributed by atoms with Crippen molar-refractivity contribution in [1.29, 1.82) is 0 Å². The Balaban J connectivity index is 2.30. The van der Waals surface area contributed by atoms with Crippen molar-refractivity contribution in [3.63, 3.8) is 0 Å². The van der Waals surface area contributed by atoms with E-state index in [4.69, 9.17) is 4.74 Å². The molecule has 2 heteroatoms. The summed E-state index contributed by atoms with van der Waals surface area (Å²) < 4.78 is 5.39. The number of unbranched alkanes of at least 4 members (excludes halogenated alkanes) is 2. The lowest BCUT2D eigenvalue weighted by Gasteiger charge is -1.99. The van der Waals surface area contributed by atoms with Gasteiger partial charge in [0.1, 0.15) is 5.75 Å². The highest BCUT2D eigenvalue weighted by Gasteiger charge is 1.89. The van der Waals surface area contributed by atoms with Gasteiger partial charge in [-0.1, -0.05) is 13.3 Å². The molecule has 1 aromatic carbocycles. The van der Waals surface area contributed by atoms with E-state index in [1.165, 1.54) is 12.8 Å². The van der Waals surface area contributed by atoms with Crippen molar-refractivity contribution >= 4 is 12.6 Å². The van der Waals surface area contributed by atoms with Crippen LogP contribution >= 0.6 is 12.6 Å². The van der Waals surface area contributed by atoms with Crippen LogP contribution in [0.5, 0.6) is 5.75 Å². The molecule has 1 rings (SSSR count). The molecule has 76 valence electrons. The minimum Gasteiger partial charge on any atom is -0.465 e. The summed E-state index contributed by atoms with van der Waals surface area (Å²) in [6.45, 7) is 2.18. The third kappa shape index (κ3) is 4.38. The molecule has 1 aromatic rings. The fourth-order valence-electron chi connectivity index (χ4n) is 1.04. The second kappa shape index (κ2) is 6.55. The Bertz CT molecular complexity index is 277. The molecule has 0 aliphatic rings. The maximum atomic E-state index is 5.39. The molecule has 0 aliphatic carbocycles. The van der Waals surface area contributed by atoms with Crippen LogP contribution in [-0.2, 0) is 0 Å². The minimum atomic E-state index is 0.857. The lowest BCUT2D eigenvalue weighted by molar-refractivity contribution is 0.477. The van der Waals surface area contributed by atoms with Gasteiger partial charge in [0, 0.05) is 4.90 Å². The average molecular weight is 208 g/mol. The smallest absolute Gasteiger partial charge is 0.126 e. The second-order valence-corrected chi connectivity index (χ2v) is 3.64. The molecule has 0 fully saturated rings. The molecule has 0 spiro atoms. The lowest BCUT2D eigenvalue weighted by atomic mass is 10.2. The summed E-state index contributed by atoms with van der Waals surface area (Å²) in [5, 5.41) is 0. The number of benzene rings is 1. The summed E-state index contributed by atoms with van der Waals surface area (Å²) in [6.07, 6.45) is 7.33. The lowest BCUT2D eigenvalue weighted by Crippen LogP contribution is -1.81. The first-order chi connectivity index (χ1) is 6.83. The highest BCUT2D eigenvalue weighted by molar-refractivity contribution is 7.80. The van der Waals surface area contributed by atoms with Gasteiger partial charge in [-0.3, -0.25) is 0 Å². The first-order valence-electron chi connectivity index (χ1n) is 4.93. The summed E-state index contributed by atoms with van der Waals surface area (Å²) in [4.78, 5) is 0.951. The molecule has 14 heavy (non-hydrogen) atoms. The van der Waals surface area contributed by atoms with Crippen molar-refractivity contribution in [2.24, 2.45) is 0 Å². The van der Waals surface area contributed by atoms with Gasteiger partial charge < -0.3 is 4.74 Å². The summed E-state index contributed by atoms with van der Waals surface area (Å²) in [6, 6.07) is 7.65. The van der Waals surface area contributed by atoms with E-state index in [-0.39, 0.29) is 0 Å². The number of allylic oxidation sites excluding steroid dienone is 1. The van der Waals surface area contributed by atoms with Crippen molar-refractivity contribution in [2.45, 2.75) is 31.1 Å². The van der Waals surface area contributed by atoms with Gasteiger partial charge in [-0.2, -0.15) is 0 Å². The van der Waals surface area contributed by atoms with Crippen molar-refractivity contribution in [3.05, 3.63) is 36.6 Å². The molecular weight excluding hydrogens is 192 g/mol. The molecule has 0 bridgehead atoms. The standard InChI is InChI=1S/C12H16OS/c1-2-3-4-5-10-13-11-6-8-12(14)9-7-11/h5-10,14H,2-4H2,1H3. The molecule has 0 N–H and O–H groups in total. The summed E-state index contributed by atoms with van der Waals surface area (Å²) >= 11 is 4.20. The molecular formula is C12H16OS. The topological polar surface area (TPSA) is 9.23 Å². The van der Waals surface area contributed by atoms with E-state index in [2.05, 4.69) is 25.6 Å². The van der Waals surface area contributed by atoms with Crippen LogP contribution < -0.4 is 4.74 Å². The molecule has 0 aromatic heterocycles. The molecule has 0 radical (unpaired) electrons. The summed E-state index contributed by atoms with van der Waals surface area (Å²) in [5.41, 5.74) is 0. The van der Waals surface area contributed by atoms with E-state index in [0.29, 0.717) is 0 Å². The van der Waals surface area contributed by atoms with Crippen LogP contribution in [-0.4, -0.2) is 0 Å². The predicted molar refractivity (Wildman–Crippen MR) is 63.0 cm³/mol. The highest BCUT2D eigenvalue weighted by atomic mass is 32.1. The second-order valence-electron chi connectivity index (χ2n) is 3.13. The fraction of sp³-hybridized carbons (Fsp3) is 0.333. The third-order valence-electron chi connectivity index (χ3n) is 1.86. The van der Waals surface area contributed by atoms with E-state index in [1.807, 2.05) is 24.3 Å². The molecule has 0 aliphatic heterocycles. The zero-order valence-electron chi connectivity index (χ0n) is 8.44. The molecule has 0 heterocycles. The Morgan fingerprint density at radius 1 is 1.29 bits per heavy atom. The van der Waals surface area contributed by atoms with E-state index in [9.17, 15) is 0 Å². The minimum absolute atomic E-state index is 0.857. The molecule has 0 saturated heterocycles. The number of rotatable bonds is 5. The van der Waals surface area contributed by atoms with Crippen molar-refractivity contribution in [2.75, 3.05) is 0 Å². The van der Waals surface area contributed by atoms with Crippen LogP contribution in [0.25, 0.3) is 0 Å². The van der Waals surface area contributed by atoms with Gasteiger partial charge >= 0.3 is 0 Å². The van der Waals surface area contributed by atoms with Crippen molar-refractivity contribution in [3.8, 4) is 5.75 Å². The van der Waals surface area contributed by atoms with Crippen LogP contribution in [0.4, 0.5) is 0 Å². The van der Waals surface area contributed by atoms with Crippen LogP contribution in [0.15, 0.2) is 41.5 Å². The summed E-state index contributed by atoms with van der Waals surface area (Å²) in [7, 11) is 0. The van der Waals surface area contributed by atoms with Crippen LogP contribution in [0.2, 0.25) is 0 Å². The maximum absolute atomic E-state index is 5.39. The number of ether oxygens (including phenoxy) is 1. The Hall–Kier alpha value is -0.890. The molecule has 1 nitrogen and oxygen atoms in total. The SMILES string of the molecule is CCCCC=COc1ccc(S)cc1. The number of hydrogen-bond donors (Lipinski definition) is 1. The van der Waals surface area contributed by atoms with Gasteiger partial charge in [0.15, 0.2) is 0 Å². The van der Waals surface area contributed by atoms with Crippen LogP contribution in [0.3, 0.4) is 0 Å². The molecule has 0 unspecified atom stereocenters. The monoisotopic (exact) mass is 208 g/mol. The first-order valence-corrected chi connectivity index (χ1v) is 5.38. The van der Waals surface area contributed by atoms with Crippen molar-refractivity contribution < 1.29 is 4.74 Å². The van der Waals surface area contributed by atoms with E-state index < -0.39 is 0 Å². The first kappa shape index (κ1) is 11.2. The Labute approximate surface area is 91.2 Å². The molecule has 0 atom stereocenters. The fourth-order valence-corrected chi connectivity index (χ4v) is 1.19. The van der Waals surface area contributed by atoms with Crippen LogP contribution in [0, 0.1) is 0 Å². The third-order valence-corrected chi connectivity index (χ3v) is 2.16. The highest BCUT2D eigenvalue weighted by Crippen LogP contribution is 2.14. The largest absolute Gasteiger partial charge is 0.465 e. The van der Waals surface area contributed by atoms with E-state index >= 15 is 0 Å². The Morgan fingerprint density at radius 2 is 2.00 bits per heavy atom. The van der Waals surface area contributed by atoms with Gasteiger partial charge in [-0.15, -0.1) is 12.6 Å². The normalized spacial score (nSPS) is 10.7. The molecule has 0 amide bonds. The van der Waals surface area contributed by atoms with Gasteiger partial charge in [0.05, 0.1) is 6.26 Å². The van der Waals surface area contributed by atoms with Gasteiger partial charge in [0.2, 0.25) is 0 Å². The average Bonchev–Trinajstić information content (AvgIpc) is 2.21. The summed E-state index contributed by atoms with van der Waals surface area (Å²) in [5.74, 6) is 0.857. The van der Waals surface area contributed by atoms with E-state index in [1.54, 1.807) is 6.26 Å².